The monoisotopic (exact) mass is 352 g/mol. The molecule has 3 N–H and O–H groups in total. The second-order valence-corrected chi connectivity index (χ2v) is 7.13. The van der Waals surface area contributed by atoms with Crippen LogP contribution in [0.4, 0.5) is 4.79 Å². The number of rotatable bonds is 5. The van der Waals surface area contributed by atoms with Crippen LogP contribution in [-0.4, -0.2) is 55.0 Å². The minimum atomic E-state index is -0.462. The highest BCUT2D eigenvalue weighted by molar-refractivity contribution is 7.13. The smallest absolute Gasteiger partial charge is 0.321 e. The van der Waals surface area contributed by atoms with Crippen molar-refractivity contribution in [2.75, 3.05) is 26.2 Å². The minimum Gasteiger partial charge on any atom is -0.349 e. The number of nitrogens with one attached hydrogen (secondary N) is 3. The molecule has 4 amide bonds. The maximum absolute atomic E-state index is 12.1. The summed E-state index contributed by atoms with van der Waals surface area (Å²) in [5.74, 6) is -0.335. The van der Waals surface area contributed by atoms with Gasteiger partial charge in [0.1, 0.15) is 0 Å². The Morgan fingerprint density at radius 3 is 2.54 bits per heavy atom. The fourth-order valence-corrected chi connectivity index (χ4v) is 3.39. The van der Waals surface area contributed by atoms with E-state index in [0.29, 0.717) is 6.54 Å². The SMILES string of the molecule is CCNC(=O)NC(=O)CN1CCC(NC(=O)c2ccc(C)s2)CC1. The third-order valence-electron chi connectivity index (χ3n) is 3.84. The zero-order chi connectivity index (χ0) is 17.5. The fraction of sp³-hybridized carbons (Fsp3) is 0.562. The molecule has 1 aliphatic heterocycles. The molecule has 0 unspecified atom stereocenters. The first-order chi connectivity index (χ1) is 11.5. The highest BCUT2D eigenvalue weighted by Crippen LogP contribution is 2.16. The molecule has 0 atom stereocenters. The number of carbonyl (C=O) groups is 3. The quantitative estimate of drug-likeness (QED) is 0.740. The van der Waals surface area contributed by atoms with Gasteiger partial charge in [-0.25, -0.2) is 4.79 Å². The molecule has 0 aromatic carbocycles. The van der Waals surface area contributed by atoms with Crippen molar-refractivity contribution in [1.29, 1.82) is 0 Å². The van der Waals surface area contributed by atoms with Crippen LogP contribution >= 0.6 is 11.3 Å². The number of piperidine rings is 1. The van der Waals surface area contributed by atoms with Crippen molar-refractivity contribution >= 4 is 29.2 Å². The average Bonchev–Trinajstić information content (AvgIpc) is 2.96. The van der Waals surface area contributed by atoms with Gasteiger partial charge in [-0.3, -0.25) is 19.8 Å². The summed E-state index contributed by atoms with van der Waals surface area (Å²) in [6.07, 6.45) is 1.59. The molecular formula is C16H24N4O3S. The zero-order valence-electron chi connectivity index (χ0n) is 14.1. The van der Waals surface area contributed by atoms with Crippen molar-refractivity contribution in [3.63, 3.8) is 0 Å². The number of hydrogen-bond donors (Lipinski definition) is 3. The molecule has 0 aliphatic carbocycles. The highest BCUT2D eigenvalue weighted by atomic mass is 32.1. The molecule has 132 valence electrons. The van der Waals surface area contributed by atoms with Crippen molar-refractivity contribution in [3.8, 4) is 0 Å². The summed E-state index contributed by atoms with van der Waals surface area (Å²) in [6, 6.07) is 3.45. The van der Waals surface area contributed by atoms with Crippen LogP contribution in [0.15, 0.2) is 12.1 Å². The summed E-state index contributed by atoms with van der Waals surface area (Å²) in [7, 11) is 0. The van der Waals surface area contributed by atoms with Crippen molar-refractivity contribution in [3.05, 3.63) is 21.9 Å². The van der Waals surface area contributed by atoms with E-state index in [2.05, 4.69) is 16.0 Å². The van der Waals surface area contributed by atoms with E-state index >= 15 is 0 Å². The summed E-state index contributed by atoms with van der Waals surface area (Å²) in [5, 5.41) is 7.87. The molecule has 1 aromatic heterocycles. The molecule has 1 aromatic rings. The Labute approximate surface area is 145 Å². The Bertz CT molecular complexity index is 594. The number of nitrogens with zero attached hydrogens (tertiary/aromatic N) is 1. The number of urea groups is 1. The third-order valence-corrected chi connectivity index (χ3v) is 4.84. The van der Waals surface area contributed by atoms with Crippen molar-refractivity contribution in [2.24, 2.45) is 0 Å². The third kappa shape index (κ3) is 5.61. The van der Waals surface area contributed by atoms with Crippen LogP contribution in [0.2, 0.25) is 0 Å². The molecule has 1 saturated heterocycles. The number of aryl methyl sites for hydroxylation is 1. The molecular weight excluding hydrogens is 328 g/mol. The van der Waals surface area contributed by atoms with Gasteiger partial charge in [-0.1, -0.05) is 0 Å². The van der Waals surface area contributed by atoms with Crippen LogP contribution in [-0.2, 0) is 4.79 Å². The Hall–Kier alpha value is -1.93. The van der Waals surface area contributed by atoms with Gasteiger partial charge in [0, 0.05) is 30.6 Å². The molecule has 2 rings (SSSR count). The number of hydrogen-bond acceptors (Lipinski definition) is 5. The summed E-state index contributed by atoms with van der Waals surface area (Å²) in [5.41, 5.74) is 0. The van der Waals surface area contributed by atoms with E-state index in [9.17, 15) is 14.4 Å². The maximum atomic E-state index is 12.1. The lowest BCUT2D eigenvalue weighted by molar-refractivity contribution is -0.121. The lowest BCUT2D eigenvalue weighted by Gasteiger charge is -2.31. The average molecular weight is 352 g/mol. The standard InChI is InChI=1S/C16H24N4O3S/c1-3-17-16(23)19-14(21)10-20-8-6-12(7-9-20)18-15(22)13-5-4-11(2)24-13/h4-5,12H,3,6-10H2,1-2H3,(H,18,22)(H2,17,19,21,23). The van der Waals surface area contributed by atoms with Crippen LogP contribution in [0.25, 0.3) is 0 Å². The number of carbonyl (C=O) groups excluding carboxylic acids is 3. The number of amides is 4. The molecule has 0 spiro atoms. The molecule has 1 aliphatic rings. The Morgan fingerprint density at radius 2 is 1.96 bits per heavy atom. The first kappa shape index (κ1) is 18.4. The summed E-state index contributed by atoms with van der Waals surface area (Å²) >= 11 is 1.49. The van der Waals surface area contributed by atoms with Gasteiger partial charge in [0.15, 0.2) is 0 Å². The Kier molecular flexibility index (Phi) is 6.74. The van der Waals surface area contributed by atoms with Crippen LogP contribution in [0, 0.1) is 6.92 Å². The largest absolute Gasteiger partial charge is 0.349 e. The van der Waals surface area contributed by atoms with Gasteiger partial charge in [-0.2, -0.15) is 0 Å². The number of likely N-dealkylation sites (tertiary alicyclic amines) is 1. The van der Waals surface area contributed by atoms with E-state index in [0.717, 1.165) is 35.7 Å². The van der Waals surface area contributed by atoms with Gasteiger partial charge in [0.2, 0.25) is 5.91 Å². The second-order valence-electron chi connectivity index (χ2n) is 5.84. The first-order valence-corrected chi connectivity index (χ1v) is 8.97. The van der Waals surface area contributed by atoms with Crippen LogP contribution in [0.1, 0.15) is 34.3 Å². The molecule has 8 heteroatoms. The van der Waals surface area contributed by atoms with Gasteiger partial charge in [0.25, 0.3) is 5.91 Å². The van der Waals surface area contributed by atoms with Gasteiger partial charge in [0.05, 0.1) is 11.4 Å². The van der Waals surface area contributed by atoms with Crippen molar-refractivity contribution < 1.29 is 14.4 Å². The molecule has 24 heavy (non-hydrogen) atoms. The van der Waals surface area contributed by atoms with Crippen LogP contribution in [0.3, 0.4) is 0 Å². The summed E-state index contributed by atoms with van der Waals surface area (Å²) in [4.78, 5) is 39.0. The van der Waals surface area contributed by atoms with E-state index in [-0.39, 0.29) is 24.4 Å². The lowest BCUT2D eigenvalue weighted by Crippen LogP contribution is -2.49. The predicted molar refractivity (Wildman–Crippen MR) is 93.2 cm³/mol. The van der Waals surface area contributed by atoms with E-state index in [1.807, 2.05) is 24.0 Å². The molecule has 2 heterocycles. The molecule has 0 radical (unpaired) electrons. The maximum Gasteiger partial charge on any atom is 0.321 e. The van der Waals surface area contributed by atoms with Gasteiger partial charge in [-0.05, 0) is 38.8 Å². The molecule has 0 saturated carbocycles. The van der Waals surface area contributed by atoms with Gasteiger partial charge >= 0.3 is 6.03 Å². The second kappa shape index (κ2) is 8.79. The highest BCUT2D eigenvalue weighted by Gasteiger charge is 2.23. The zero-order valence-corrected chi connectivity index (χ0v) is 14.9. The lowest BCUT2D eigenvalue weighted by atomic mass is 10.0. The van der Waals surface area contributed by atoms with E-state index in [1.54, 1.807) is 6.92 Å². The summed E-state index contributed by atoms with van der Waals surface area (Å²) < 4.78 is 0. The first-order valence-electron chi connectivity index (χ1n) is 8.15. The van der Waals surface area contributed by atoms with E-state index < -0.39 is 6.03 Å². The van der Waals surface area contributed by atoms with E-state index in [1.165, 1.54) is 11.3 Å². The van der Waals surface area contributed by atoms with Crippen molar-refractivity contribution in [2.45, 2.75) is 32.7 Å². The predicted octanol–water partition coefficient (Wildman–Crippen LogP) is 1.10. The molecule has 1 fully saturated rings. The van der Waals surface area contributed by atoms with Gasteiger partial charge in [-0.15, -0.1) is 11.3 Å². The Morgan fingerprint density at radius 1 is 1.25 bits per heavy atom. The fourth-order valence-electron chi connectivity index (χ4n) is 2.62. The molecule has 7 nitrogen and oxygen atoms in total. The van der Waals surface area contributed by atoms with Gasteiger partial charge < -0.3 is 10.6 Å². The topological polar surface area (TPSA) is 90.5 Å². The molecule has 0 bridgehead atoms. The number of thiophene rings is 1. The van der Waals surface area contributed by atoms with Crippen molar-refractivity contribution in [1.82, 2.24) is 20.9 Å². The normalized spacial score (nSPS) is 15.8. The minimum absolute atomic E-state index is 0.0273. The number of imide groups is 1. The Balaban J connectivity index is 1.70. The van der Waals surface area contributed by atoms with Crippen LogP contribution < -0.4 is 16.0 Å². The van der Waals surface area contributed by atoms with Crippen LogP contribution in [0.5, 0.6) is 0 Å². The van der Waals surface area contributed by atoms with E-state index in [4.69, 9.17) is 0 Å². The summed E-state index contributed by atoms with van der Waals surface area (Å²) in [6.45, 7) is 5.89.